The van der Waals surface area contributed by atoms with Crippen molar-refractivity contribution in [2.75, 3.05) is 0 Å². The van der Waals surface area contributed by atoms with E-state index in [0.29, 0.717) is 5.56 Å². The Morgan fingerprint density at radius 1 is 0.952 bits per heavy atom. The van der Waals surface area contributed by atoms with E-state index in [9.17, 15) is 4.79 Å². The summed E-state index contributed by atoms with van der Waals surface area (Å²) in [5.74, 6) is 0.854. The Kier molecular flexibility index (Phi) is 9.60. The minimum Gasteiger partial charge on any atom is -0.491 e. The number of ether oxygens (including phenoxy) is 1. The Bertz CT molecular complexity index is 370. The molecule has 0 aromatic heterocycles. The molecule has 0 radical (unpaired) electrons. The molecule has 1 aromatic rings. The van der Waals surface area contributed by atoms with E-state index in [1.165, 1.54) is 51.4 Å². The predicted molar refractivity (Wildman–Crippen MR) is 89.1 cm³/mol. The maximum Gasteiger partial charge on any atom is 0.150 e. The third kappa shape index (κ3) is 8.54. The van der Waals surface area contributed by atoms with Crippen LogP contribution in [0.2, 0.25) is 0 Å². The van der Waals surface area contributed by atoms with Crippen LogP contribution in [-0.4, -0.2) is 12.4 Å². The lowest BCUT2D eigenvalue weighted by Gasteiger charge is -2.14. The van der Waals surface area contributed by atoms with Gasteiger partial charge in [-0.15, -0.1) is 0 Å². The number of hydrogen-bond acceptors (Lipinski definition) is 2. The fraction of sp³-hybridized carbons (Fsp3) is 0.632. The SMILES string of the molecule is CCCCCCCCCCC(C)Oc1ccc(C=O)cc1. The number of carbonyl (C=O) groups excluding carboxylic acids is 1. The normalized spacial score (nSPS) is 12.1. The summed E-state index contributed by atoms with van der Waals surface area (Å²) < 4.78 is 5.86. The van der Waals surface area contributed by atoms with Crippen molar-refractivity contribution < 1.29 is 9.53 Å². The van der Waals surface area contributed by atoms with Gasteiger partial charge in [0.1, 0.15) is 12.0 Å². The third-order valence-corrected chi connectivity index (χ3v) is 3.82. The summed E-state index contributed by atoms with van der Waals surface area (Å²) in [5.41, 5.74) is 0.693. The lowest BCUT2D eigenvalue weighted by Crippen LogP contribution is -2.11. The lowest BCUT2D eigenvalue weighted by atomic mass is 10.1. The lowest BCUT2D eigenvalue weighted by molar-refractivity contribution is 0.112. The molecule has 1 aromatic carbocycles. The Morgan fingerprint density at radius 2 is 1.52 bits per heavy atom. The third-order valence-electron chi connectivity index (χ3n) is 3.82. The van der Waals surface area contributed by atoms with Crippen molar-refractivity contribution >= 4 is 6.29 Å². The number of benzene rings is 1. The molecule has 1 atom stereocenters. The van der Waals surface area contributed by atoms with Gasteiger partial charge in [0.2, 0.25) is 0 Å². The van der Waals surface area contributed by atoms with Crippen LogP contribution in [0.1, 0.15) is 82.0 Å². The van der Waals surface area contributed by atoms with Gasteiger partial charge in [0, 0.05) is 5.56 Å². The van der Waals surface area contributed by atoms with Crippen molar-refractivity contribution in [3.63, 3.8) is 0 Å². The summed E-state index contributed by atoms with van der Waals surface area (Å²) in [5, 5.41) is 0. The maximum absolute atomic E-state index is 10.6. The second-order valence-electron chi connectivity index (χ2n) is 5.88. The van der Waals surface area contributed by atoms with Crippen LogP contribution in [0.3, 0.4) is 0 Å². The highest BCUT2D eigenvalue weighted by atomic mass is 16.5. The molecule has 118 valence electrons. The molecule has 0 aliphatic carbocycles. The minimum absolute atomic E-state index is 0.243. The van der Waals surface area contributed by atoms with E-state index in [0.717, 1.165) is 18.5 Å². The monoisotopic (exact) mass is 290 g/mol. The first-order valence-electron chi connectivity index (χ1n) is 8.48. The summed E-state index contributed by atoms with van der Waals surface area (Å²) in [6.45, 7) is 4.38. The van der Waals surface area contributed by atoms with Crippen LogP contribution in [0.5, 0.6) is 5.75 Å². The molecule has 0 spiro atoms. The van der Waals surface area contributed by atoms with Crippen LogP contribution in [0.4, 0.5) is 0 Å². The highest BCUT2D eigenvalue weighted by Crippen LogP contribution is 2.16. The van der Waals surface area contributed by atoms with Gasteiger partial charge >= 0.3 is 0 Å². The minimum atomic E-state index is 0.243. The average molecular weight is 290 g/mol. The van der Waals surface area contributed by atoms with E-state index in [1.807, 2.05) is 12.1 Å². The van der Waals surface area contributed by atoms with Crippen molar-refractivity contribution in [1.82, 2.24) is 0 Å². The summed E-state index contributed by atoms with van der Waals surface area (Å²) in [7, 11) is 0. The molecule has 21 heavy (non-hydrogen) atoms. The van der Waals surface area contributed by atoms with Gasteiger partial charge in [-0.1, -0.05) is 51.9 Å². The average Bonchev–Trinajstić information content (AvgIpc) is 2.50. The summed E-state index contributed by atoms with van der Waals surface area (Å²) in [4.78, 5) is 10.6. The van der Waals surface area contributed by atoms with Gasteiger partial charge in [0.05, 0.1) is 6.10 Å². The molecule has 0 bridgehead atoms. The highest BCUT2D eigenvalue weighted by Gasteiger charge is 2.04. The Balaban J connectivity index is 2.05. The Hall–Kier alpha value is -1.31. The van der Waals surface area contributed by atoms with Crippen molar-refractivity contribution in [1.29, 1.82) is 0 Å². The van der Waals surface area contributed by atoms with Crippen LogP contribution >= 0.6 is 0 Å². The molecule has 0 aliphatic heterocycles. The predicted octanol–water partition coefficient (Wildman–Crippen LogP) is 5.80. The van der Waals surface area contributed by atoms with Crippen molar-refractivity contribution in [2.24, 2.45) is 0 Å². The van der Waals surface area contributed by atoms with Crippen molar-refractivity contribution in [2.45, 2.75) is 77.7 Å². The van der Waals surface area contributed by atoms with Gasteiger partial charge < -0.3 is 4.74 Å². The Labute approximate surface area is 129 Å². The molecule has 2 nitrogen and oxygen atoms in total. The van der Waals surface area contributed by atoms with E-state index in [-0.39, 0.29) is 6.10 Å². The zero-order chi connectivity index (χ0) is 15.3. The number of aldehydes is 1. The fourth-order valence-corrected chi connectivity index (χ4v) is 2.48. The molecule has 1 unspecified atom stereocenters. The van der Waals surface area contributed by atoms with Gasteiger partial charge in [0.25, 0.3) is 0 Å². The van der Waals surface area contributed by atoms with Crippen LogP contribution in [0, 0.1) is 0 Å². The van der Waals surface area contributed by atoms with Crippen LogP contribution in [0.15, 0.2) is 24.3 Å². The molecule has 0 fully saturated rings. The second kappa shape index (κ2) is 11.4. The van der Waals surface area contributed by atoms with Gasteiger partial charge in [0.15, 0.2) is 0 Å². The van der Waals surface area contributed by atoms with E-state index < -0.39 is 0 Å². The molecular weight excluding hydrogens is 260 g/mol. The fourth-order valence-electron chi connectivity index (χ4n) is 2.48. The Morgan fingerprint density at radius 3 is 2.10 bits per heavy atom. The van der Waals surface area contributed by atoms with E-state index in [2.05, 4.69) is 13.8 Å². The number of unbranched alkanes of at least 4 members (excludes halogenated alkanes) is 7. The zero-order valence-corrected chi connectivity index (χ0v) is 13.6. The molecule has 2 heteroatoms. The molecule has 0 saturated heterocycles. The van der Waals surface area contributed by atoms with Crippen LogP contribution < -0.4 is 4.74 Å². The van der Waals surface area contributed by atoms with Gasteiger partial charge in [-0.25, -0.2) is 0 Å². The summed E-state index contributed by atoms with van der Waals surface area (Å²) in [6, 6.07) is 7.33. The largest absolute Gasteiger partial charge is 0.491 e. The molecule has 0 saturated carbocycles. The van der Waals surface area contributed by atoms with E-state index in [1.54, 1.807) is 12.1 Å². The second-order valence-corrected chi connectivity index (χ2v) is 5.88. The number of hydrogen-bond donors (Lipinski definition) is 0. The molecular formula is C19H30O2. The smallest absolute Gasteiger partial charge is 0.150 e. The van der Waals surface area contributed by atoms with E-state index >= 15 is 0 Å². The number of rotatable bonds is 12. The van der Waals surface area contributed by atoms with Gasteiger partial charge in [-0.05, 0) is 44.0 Å². The molecule has 0 amide bonds. The topological polar surface area (TPSA) is 26.3 Å². The van der Waals surface area contributed by atoms with E-state index in [4.69, 9.17) is 4.74 Å². The molecule has 0 N–H and O–H groups in total. The van der Waals surface area contributed by atoms with Gasteiger partial charge in [-0.2, -0.15) is 0 Å². The number of carbonyl (C=O) groups is 1. The first-order valence-corrected chi connectivity index (χ1v) is 8.48. The molecule has 1 rings (SSSR count). The van der Waals surface area contributed by atoms with Crippen molar-refractivity contribution in [3.05, 3.63) is 29.8 Å². The standard InChI is InChI=1S/C19H30O2/c1-3-4-5-6-7-8-9-10-11-17(2)21-19-14-12-18(16-20)13-15-19/h12-17H,3-11H2,1-2H3. The van der Waals surface area contributed by atoms with Crippen LogP contribution in [-0.2, 0) is 0 Å². The molecule has 0 heterocycles. The highest BCUT2D eigenvalue weighted by molar-refractivity contribution is 5.74. The maximum atomic E-state index is 10.6. The first-order chi connectivity index (χ1) is 10.3. The first kappa shape index (κ1) is 17.7. The zero-order valence-electron chi connectivity index (χ0n) is 13.6. The quantitative estimate of drug-likeness (QED) is 0.359. The molecule has 0 aliphatic rings. The van der Waals surface area contributed by atoms with Gasteiger partial charge in [-0.3, -0.25) is 4.79 Å². The summed E-state index contributed by atoms with van der Waals surface area (Å²) in [6.07, 6.45) is 13.0. The summed E-state index contributed by atoms with van der Waals surface area (Å²) >= 11 is 0. The van der Waals surface area contributed by atoms with Crippen molar-refractivity contribution in [3.8, 4) is 5.75 Å². The van der Waals surface area contributed by atoms with Crippen LogP contribution in [0.25, 0.3) is 0 Å².